The number of hydrogen-bond acceptors (Lipinski definition) is 3. The Balaban J connectivity index is 1.83. The van der Waals surface area contributed by atoms with Crippen LogP contribution in [0.2, 0.25) is 0 Å². The van der Waals surface area contributed by atoms with Crippen molar-refractivity contribution < 1.29 is 4.79 Å². The third-order valence-electron chi connectivity index (χ3n) is 4.41. The second kappa shape index (κ2) is 6.66. The van der Waals surface area contributed by atoms with Crippen LogP contribution in [0, 0.1) is 5.92 Å². The highest BCUT2D eigenvalue weighted by Crippen LogP contribution is 2.28. The molecule has 2 N–H and O–H groups in total. The molecule has 1 saturated carbocycles. The van der Waals surface area contributed by atoms with Crippen molar-refractivity contribution in [1.82, 2.24) is 9.80 Å². The fourth-order valence-electron chi connectivity index (χ4n) is 2.95. The van der Waals surface area contributed by atoms with Gasteiger partial charge in [0.15, 0.2) is 0 Å². The number of carbonyl (C=O) groups excluding carboxylic acids is 1. The molecule has 1 heterocycles. The van der Waals surface area contributed by atoms with Crippen LogP contribution in [0.3, 0.4) is 0 Å². The van der Waals surface area contributed by atoms with Crippen LogP contribution in [-0.2, 0) is 4.79 Å². The number of amides is 1. The zero-order valence-electron chi connectivity index (χ0n) is 11.8. The first-order valence-electron chi connectivity index (χ1n) is 7.45. The van der Waals surface area contributed by atoms with Gasteiger partial charge in [0.25, 0.3) is 0 Å². The normalized spacial score (nSPS) is 22.9. The molecule has 1 saturated heterocycles. The summed E-state index contributed by atoms with van der Waals surface area (Å²) >= 11 is 5.17. The van der Waals surface area contributed by atoms with Gasteiger partial charge in [-0.2, -0.15) is 0 Å². The maximum atomic E-state index is 12.2. The molecule has 5 heteroatoms. The van der Waals surface area contributed by atoms with E-state index in [9.17, 15) is 4.79 Å². The summed E-state index contributed by atoms with van der Waals surface area (Å²) in [6.07, 6.45) is 5.50. The largest absolute Gasteiger partial charge is 0.392 e. The van der Waals surface area contributed by atoms with Crippen molar-refractivity contribution in [2.75, 3.05) is 26.2 Å². The standard InChI is InChI=1S/C14H25N3OS/c1-2-4-12(13(15)19)16-7-9-17(10-8-16)14(18)11-5-3-6-11/h11-12H,2-10H2,1H3,(H2,15,19). The monoisotopic (exact) mass is 283 g/mol. The molecule has 1 aliphatic carbocycles. The second-order valence-electron chi connectivity index (χ2n) is 5.70. The van der Waals surface area contributed by atoms with Crippen molar-refractivity contribution >= 4 is 23.1 Å². The van der Waals surface area contributed by atoms with Gasteiger partial charge in [0, 0.05) is 32.1 Å². The van der Waals surface area contributed by atoms with E-state index in [1.54, 1.807) is 0 Å². The van der Waals surface area contributed by atoms with Crippen LogP contribution in [0.25, 0.3) is 0 Å². The minimum Gasteiger partial charge on any atom is -0.392 e. The first-order chi connectivity index (χ1) is 9.13. The van der Waals surface area contributed by atoms with Gasteiger partial charge in [0.1, 0.15) is 0 Å². The van der Waals surface area contributed by atoms with Crippen LogP contribution >= 0.6 is 12.2 Å². The van der Waals surface area contributed by atoms with E-state index in [1.165, 1.54) is 6.42 Å². The van der Waals surface area contributed by atoms with Gasteiger partial charge in [-0.25, -0.2) is 0 Å². The maximum absolute atomic E-state index is 12.2. The lowest BCUT2D eigenvalue weighted by atomic mass is 9.84. The van der Waals surface area contributed by atoms with E-state index >= 15 is 0 Å². The van der Waals surface area contributed by atoms with Crippen molar-refractivity contribution in [3.63, 3.8) is 0 Å². The summed E-state index contributed by atoms with van der Waals surface area (Å²) in [5, 5.41) is 0. The Kier molecular flexibility index (Phi) is 5.16. The molecule has 2 fully saturated rings. The van der Waals surface area contributed by atoms with E-state index in [4.69, 9.17) is 18.0 Å². The van der Waals surface area contributed by atoms with E-state index in [0.717, 1.165) is 51.9 Å². The quantitative estimate of drug-likeness (QED) is 0.775. The van der Waals surface area contributed by atoms with Gasteiger partial charge in [0.2, 0.25) is 5.91 Å². The smallest absolute Gasteiger partial charge is 0.225 e. The molecule has 1 unspecified atom stereocenters. The Morgan fingerprint density at radius 3 is 2.37 bits per heavy atom. The maximum Gasteiger partial charge on any atom is 0.225 e. The molecule has 2 rings (SSSR count). The van der Waals surface area contributed by atoms with Crippen LogP contribution in [0.5, 0.6) is 0 Å². The number of hydrogen-bond donors (Lipinski definition) is 1. The topological polar surface area (TPSA) is 49.6 Å². The zero-order valence-corrected chi connectivity index (χ0v) is 12.6. The predicted molar refractivity (Wildman–Crippen MR) is 81.0 cm³/mol. The second-order valence-corrected chi connectivity index (χ2v) is 6.17. The van der Waals surface area contributed by atoms with Crippen molar-refractivity contribution in [3.05, 3.63) is 0 Å². The van der Waals surface area contributed by atoms with Gasteiger partial charge in [-0.15, -0.1) is 0 Å². The summed E-state index contributed by atoms with van der Waals surface area (Å²) in [7, 11) is 0. The Morgan fingerprint density at radius 1 is 1.32 bits per heavy atom. The highest BCUT2D eigenvalue weighted by molar-refractivity contribution is 7.80. The summed E-state index contributed by atoms with van der Waals surface area (Å²) < 4.78 is 0. The van der Waals surface area contributed by atoms with E-state index in [2.05, 4.69) is 11.8 Å². The van der Waals surface area contributed by atoms with Gasteiger partial charge in [0.05, 0.1) is 11.0 Å². The predicted octanol–water partition coefficient (Wildman–Crippen LogP) is 1.39. The molecule has 1 amide bonds. The average Bonchev–Trinajstić information content (AvgIpc) is 2.33. The van der Waals surface area contributed by atoms with E-state index in [1.807, 2.05) is 4.90 Å². The molecule has 0 aromatic heterocycles. The molecule has 108 valence electrons. The van der Waals surface area contributed by atoms with Gasteiger partial charge in [-0.05, 0) is 19.3 Å². The summed E-state index contributed by atoms with van der Waals surface area (Å²) in [5.41, 5.74) is 5.84. The first kappa shape index (κ1) is 14.7. The first-order valence-corrected chi connectivity index (χ1v) is 7.86. The number of thiocarbonyl (C=S) groups is 1. The average molecular weight is 283 g/mol. The third-order valence-corrected chi connectivity index (χ3v) is 4.68. The van der Waals surface area contributed by atoms with Crippen LogP contribution in [-0.4, -0.2) is 52.9 Å². The Morgan fingerprint density at radius 2 is 1.95 bits per heavy atom. The van der Waals surface area contributed by atoms with E-state index in [0.29, 0.717) is 16.8 Å². The summed E-state index contributed by atoms with van der Waals surface area (Å²) in [4.78, 5) is 17.1. The highest BCUT2D eigenvalue weighted by atomic mass is 32.1. The van der Waals surface area contributed by atoms with Gasteiger partial charge >= 0.3 is 0 Å². The number of nitrogens with zero attached hydrogens (tertiary/aromatic N) is 2. The lowest BCUT2D eigenvalue weighted by Gasteiger charge is -2.41. The summed E-state index contributed by atoms with van der Waals surface area (Å²) in [5.74, 6) is 0.682. The Labute approximate surface area is 121 Å². The molecule has 0 aromatic carbocycles. The van der Waals surface area contributed by atoms with E-state index < -0.39 is 0 Å². The molecule has 1 aliphatic heterocycles. The zero-order chi connectivity index (χ0) is 13.8. The van der Waals surface area contributed by atoms with Crippen molar-refractivity contribution in [2.45, 2.75) is 45.1 Å². The number of carbonyl (C=O) groups is 1. The minimum atomic E-state index is 0.209. The molecule has 0 aromatic rings. The van der Waals surface area contributed by atoms with Crippen LogP contribution in [0.4, 0.5) is 0 Å². The van der Waals surface area contributed by atoms with Crippen LogP contribution in [0.15, 0.2) is 0 Å². The minimum absolute atomic E-state index is 0.209. The fraction of sp³-hybridized carbons (Fsp3) is 0.857. The van der Waals surface area contributed by atoms with Gasteiger partial charge < -0.3 is 10.6 Å². The van der Waals surface area contributed by atoms with Crippen molar-refractivity contribution in [1.29, 1.82) is 0 Å². The van der Waals surface area contributed by atoms with Crippen LogP contribution in [0.1, 0.15) is 39.0 Å². The van der Waals surface area contributed by atoms with E-state index in [-0.39, 0.29) is 6.04 Å². The lowest BCUT2D eigenvalue weighted by molar-refractivity contribution is -0.140. The molecule has 2 aliphatic rings. The molecule has 0 bridgehead atoms. The SMILES string of the molecule is CCCC(C(N)=S)N1CCN(C(=O)C2CCC2)CC1. The molecule has 1 atom stereocenters. The summed E-state index contributed by atoms with van der Waals surface area (Å²) in [6.45, 7) is 5.62. The van der Waals surface area contributed by atoms with Crippen molar-refractivity contribution in [2.24, 2.45) is 11.7 Å². The molecular formula is C14H25N3OS. The number of nitrogens with two attached hydrogens (primary N) is 1. The lowest BCUT2D eigenvalue weighted by Crippen LogP contribution is -2.56. The Hall–Kier alpha value is -0.680. The van der Waals surface area contributed by atoms with Crippen LogP contribution < -0.4 is 5.73 Å². The molecule has 19 heavy (non-hydrogen) atoms. The molecular weight excluding hydrogens is 258 g/mol. The van der Waals surface area contributed by atoms with Gasteiger partial charge in [-0.1, -0.05) is 32.0 Å². The number of piperazine rings is 1. The highest BCUT2D eigenvalue weighted by Gasteiger charge is 2.32. The molecule has 0 spiro atoms. The Bertz CT molecular complexity index is 336. The third kappa shape index (κ3) is 3.45. The number of rotatable bonds is 5. The fourth-order valence-corrected chi connectivity index (χ4v) is 3.21. The molecule has 0 radical (unpaired) electrons. The molecule has 4 nitrogen and oxygen atoms in total. The van der Waals surface area contributed by atoms with Gasteiger partial charge in [-0.3, -0.25) is 9.69 Å². The summed E-state index contributed by atoms with van der Waals surface area (Å²) in [6, 6.07) is 0.209. The van der Waals surface area contributed by atoms with Crippen molar-refractivity contribution in [3.8, 4) is 0 Å².